The van der Waals surface area contributed by atoms with Crippen LogP contribution in [0.3, 0.4) is 0 Å². The van der Waals surface area contributed by atoms with Crippen LogP contribution < -0.4 is 28.1 Å². The molecule has 1 aromatic carbocycles. The van der Waals surface area contributed by atoms with Gasteiger partial charge in [0, 0.05) is 10.7 Å². The minimum Gasteiger partial charge on any atom is -0.397 e. The number of nitrogens with two attached hydrogens (primary N) is 3. The Morgan fingerprint density at radius 2 is 1.97 bits per heavy atom. The molecule has 0 aliphatic rings. The Morgan fingerprint density at radius 1 is 1.29 bits per heavy atom. The first-order valence-corrected chi connectivity index (χ1v) is 11.0. The van der Waals surface area contributed by atoms with E-state index in [2.05, 4.69) is 10.5 Å². The molecule has 0 fully saturated rings. The summed E-state index contributed by atoms with van der Waals surface area (Å²) in [4.78, 5) is 29.3. The Hall–Kier alpha value is -3.25. The highest BCUT2D eigenvalue weighted by molar-refractivity contribution is 7.90. The number of pyridine rings is 1. The second-order valence-electron chi connectivity index (χ2n) is 6.51. The van der Waals surface area contributed by atoms with Crippen molar-refractivity contribution >= 4 is 39.0 Å². The zero-order valence-corrected chi connectivity index (χ0v) is 18.2. The number of nitrogens with zero attached hydrogens (tertiary/aromatic N) is 2. The molecule has 1 heterocycles. The number of carbonyl (C=O) groups is 1. The van der Waals surface area contributed by atoms with E-state index in [-0.39, 0.29) is 29.8 Å². The van der Waals surface area contributed by atoms with E-state index in [4.69, 9.17) is 33.6 Å². The number of hydrogen-bond donors (Lipinski definition) is 4. The minimum absolute atomic E-state index is 0.00325. The van der Waals surface area contributed by atoms with Crippen LogP contribution in [-0.2, 0) is 31.8 Å². The number of benzene rings is 1. The lowest BCUT2D eigenvalue weighted by Crippen LogP contribution is -2.37. The molecular formula is C18H23ClN6O5S. The molecule has 2 rings (SSSR count). The summed E-state index contributed by atoms with van der Waals surface area (Å²) < 4.78 is 26.9. The van der Waals surface area contributed by atoms with Gasteiger partial charge in [0.2, 0.25) is 11.9 Å². The van der Waals surface area contributed by atoms with E-state index in [0.29, 0.717) is 11.3 Å². The number of anilines is 1. The van der Waals surface area contributed by atoms with Gasteiger partial charge in [0.05, 0.1) is 18.0 Å². The van der Waals surface area contributed by atoms with Gasteiger partial charge in [0.1, 0.15) is 13.2 Å². The summed E-state index contributed by atoms with van der Waals surface area (Å²) in [6.45, 7) is 1.19. The van der Waals surface area contributed by atoms with E-state index in [1.165, 1.54) is 13.0 Å². The lowest BCUT2D eigenvalue weighted by molar-refractivity contribution is -0.122. The number of halogens is 1. The van der Waals surface area contributed by atoms with Crippen LogP contribution in [0, 0.1) is 6.92 Å². The molecule has 0 spiro atoms. The quantitative estimate of drug-likeness (QED) is 0.166. The molecule has 1 aromatic heterocycles. The van der Waals surface area contributed by atoms with Crippen molar-refractivity contribution in [2.24, 2.45) is 16.6 Å². The molecule has 11 nitrogen and oxygen atoms in total. The van der Waals surface area contributed by atoms with E-state index in [0.717, 1.165) is 4.57 Å². The van der Waals surface area contributed by atoms with E-state index in [1.807, 2.05) is 0 Å². The molecule has 0 saturated heterocycles. The number of aryl methyl sites for hydroxylation is 1. The van der Waals surface area contributed by atoms with Crippen LogP contribution >= 0.6 is 11.6 Å². The predicted octanol–water partition coefficient (Wildman–Crippen LogP) is -0.313. The number of nitrogens with one attached hydrogen (secondary N) is 1. The van der Waals surface area contributed by atoms with Gasteiger partial charge < -0.3 is 31.9 Å². The fourth-order valence-corrected chi connectivity index (χ4v) is 4.61. The lowest BCUT2D eigenvalue weighted by Gasteiger charge is -2.15. The monoisotopic (exact) mass is 470 g/mol. The van der Waals surface area contributed by atoms with Crippen molar-refractivity contribution < 1.29 is 18.0 Å². The number of sulfone groups is 1. The molecule has 168 valence electrons. The van der Waals surface area contributed by atoms with Crippen molar-refractivity contribution in [3.63, 3.8) is 0 Å². The Kier molecular flexibility index (Phi) is 7.89. The zero-order valence-electron chi connectivity index (χ0n) is 16.7. The van der Waals surface area contributed by atoms with Gasteiger partial charge in [-0.05, 0) is 29.8 Å². The molecule has 0 bridgehead atoms. The third-order valence-corrected chi connectivity index (χ3v) is 6.19. The highest BCUT2D eigenvalue weighted by Crippen LogP contribution is 2.24. The van der Waals surface area contributed by atoms with Crippen molar-refractivity contribution in [2.75, 3.05) is 18.9 Å². The number of hydrogen-bond acceptors (Lipinski definition) is 7. The number of rotatable bonds is 9. The van der Waals surface area contributed by atoms with Crippen LogP contribution in [-0.4, -0.2) is 38.0 Å². The molecule has 7 N–H and O–H groups in total. The normalized spacial score (nSPS) is 11.0. The predicted molar refractivity (Wildman–Crippen MR) is 117 cm³/mol. The molecule has 0 aliphatic carbocycles. The van der Waals surface area contributed by atoms with Gasteiger partial charge in [-0.15, -0.1) is 0 Å². The number of nitrogen functional groups attached to an aromatic ring is 1. The minimum atomic E-state index is -4.14. The van der Waals surface area contributed by atoms with Crippen LogP contribution in [0.4, 0.5) is 5.69 Å². The van der Waals surface area contributed by atoms with Gasteiger partial charge in [-0.3, -0.25) is 9.59 Å². The smallest absolute Gasteiger partial charge is 0.272 e. The van der Waals surface area contributed by atoms with Gasteiger partial charge in [0.15, 0.2) is 14.7 Å². The SMILES string of the molecule is Cc1cc(N)c(S(=O)(=O)Cc2ccccc2Cl)c(=O)n1CC(=O)NCCON=C(N)N. The molecule has 13 heteroatoms. The topological polar surface area (TPSA) is 185 Å². The fourth-order valence-electron chi connectivity index (χ4n) is 2.73. The average Bonchev–Trinajstić information content (AvgIpc) is 2.66. The summed E-state index contributed by atoms with van der Waals surface area (Å²) in [5.41, 5.74) is 15.6. The summed E-state index contributed by atoms with van der Waals surface area (Å²) in [7, 11) is -4.14. The van der Waals surface area contributed by atoms with Crippen LogP contribution in [0.5, 0.6) is 0 Å². The molecule has 1 amide bonds. The Morgan fingerprint density at radius 3 is 2.61 bits per heavy atom. The van der Waals surface area contributed by atoms with Crippen LogP contribution in [0.15, 0.2) is 45.2 Å². The molecule has 0 atom stereocenters. The summed E-state index contributed by atoms with van der Waals surface area (Å²) in [5, 5.41) is 6.05. The summed E-state index contributed by atoms with van der Waals surface area (Å²) in [6, 6.07) is 7.71. The summed E-state index contributed by atoms with van der Waals surface area (Å²) in [5.74, 6) is -1.32. The number of aromatic nitrogens is 1. The number of oxime groups is 1. The van der Waals surface area contributed by atoms with Gasteiger partial charge in [-0.25, -0.2) is 8.42 Å². The highest BCUT2D eigenvalue weighted by atomic mass is 35.5. The molecule has 31 heavy (non-hydrogen) atoms. The van der Waals surface area contributed by atoms with Gasteiger partial charge >= 0.3 is 0 Å². The van der Waals surface area contributed by atoms with Crippen molar-refractivity contribution in [1.82, 2.24) is 9.88 Å². The van der Waals surface area contributed by atoms with Gasteiger partial charge in [-0.1, -0.05) is 29.8 Å². The van der Waals surface area contributed by atoms with Crippen LogP contribution in [0.2, 0.25) is 5.02 Å². The fraction of sp³-hybridized carbons (Fsp3) is 0.278. The highest BCUT2D eigenvalue weighted by Gasteiger charge is 2.26. The second-order valence-corrected chi connectivity index (χ2v) is 8.84. The number of amides is 1. The Balaban J connectivity index is 2.25. The largest absolute Gasteiger partial charge is 0.397 e. The summed E-state index contributed by atoms with van der Waals surface area (Å²) in [6.07, 6.45) is 0. The molecule has 0 radical (unpaired) electrons. The maximum atomic E-state index is 12.9. The standard InChI is InChI=1S/C18H23ClN6O5S/c1-11-8-14(20)16(31(28,29)10-12-4-2-3-5-13(12)19)17(27)25(11)9-15(26)23-6-7-30-24-18(21)22/h2-5,8H,6-7,9-10,20H2,1H3,(H,23,26)(H4,21,22,24). The molecule has 0 saturated carbocycles. The summed E-state index contributed by atoms with van der Waals surface area (Å²) >= 11 is 6.05. The van der Waals surface area contributed by atoms with Crippen LogP contribution in [0.1, 0.15) is 11.3 Å². The lowest BCUT2D eigenvalue weighted by atomic mass is 10.2. The first kappa shape index (κ1) is 24.0. The van der Waals surface area contributed by atoms with E-state index in [9.17, 15) is 18.0 Å². The van der Waals surface area contributed by atoms with Crippen molar-refractivity contribution in [3.05, 3.63) is 57.0 Å². The van der Waals surface area contributed by atoms with Gasteiger partial charge in [0.25, 0.3) is 5.56 Å². The molecule has 0 aliphatic heterocycles. The van der Waals surface area contributed by atoms with Gasteiger partial charge in [-0.2, -0.15) is 0 Å². The third-order valence-electron chi connectivity index (χ3n) is 4.09. The zero-order chi connectivity index (χ0) is 23.2. The second kappa shape index (κ2) is 10.2. The average molecular weight is 471 g/mol. The molecule has 2 aromatic rings. The molecular weight excluding hydrogens is 448 g/mol. The van der Waals surface area contributed by atoms with Crippen LogP contribution in [0.25, 0.3) is 0 Å². The number of carbonyl (C=O) groups excluding carboxylic acids is 1. The van der Waals surface area contributed by atoms with E-state index >= 15 is 0 Å². The first-order valence-electron chi connectivity index (χ1n) is 8.96. The third kappa shape index (κ3) is 6.36. The Labute approximate surface area is 183 Å². The Bertz CT molecular complexity index is 1160. The maximum Gasteiger partial charge on any atom is 0.272 e. The van der Waals surface area contributed by atoms with E-state index < -0.39 is 38.5 Å². The maximum absolute atomic E-state index is 12.9. The first-order chi connectivity index (χ1) is 14.5. The van der Waals surface area contributed by atoms with Crippen molar-refractivity contribution in [2.45, 2.75) is 24.1 Å². The molecule has 0 unspecified atom stereocenters. The van der Waals surface area contributed by atoms with Crippen molar-refractivity contribution in [1.29, 1.82) is 0 Å². The van der Waals surface area contributed by atoms with E-state index in [1.54, 1.807) is 24.3 Å². The number of guanidine groups is 1. The van der Waals surface area contributed by atoms with Crippen molar-refractivity contribution in [3.8, 4) is 0 Å².